The molecule has 6 aromatic carbocycles. The number of fused-ring (bicyclic) bond motifs is 4. The van der Waals surface area contributed by atoms with Crippen molar-refractivity contribution in [2.24, 2.45) is 0 Å². The lowest BCUT2D eigenvalue weighted by Gasteiger charge is -2.16. The molecule has 0 amide bonds. The lowest BCUT2D eigenvalue weighted by Crippen LogP contribution is -2.02. The Kier molecular flexibility index (Phi) is 4.90. The van der Waals surface area contributed by atoms with E-state index in [0.717, 1.165) is 10.9 Å². The molecule has 0 fully saturated rings. The molecule has 0 saturated carbocycles. The highest BCUT2D eigenvalue weighted by molar-refractivity contribution is 7.70. The predicted octanol–water partition coefficient (Wildman–Crippen LogP) is 8.73. The van der Waals surface area contributed by atoms with Gasteiger partial charge in [0.1, 0.15) is 7.14 Å². The monoisotopic (exact) mass is 456 g/mol. The molecule has 34 heavy (non-hydrogen) atoms. The number of benzene rings is 6. The van der Waals surface area contributed by atoms with Crippen LogP contribution >= 0.6 is 7.14 Å². The third-order valence-electron chi connectivity index (χ3n) is 6.76. The second kappa shape index (κ2) is 7.97. The maximum absolute atomic E-state index is 12.7. The van der Waals surface area contributed by atoms with Gasteiger partial charge >= 0.3 is 0 Å². The van der Waals surface area contributed by atoms with Gasteiger partial charge in [0.05, 0.1) is 0 Å². The molecule has 0 aliphatic heterocycles. The van der Waals surface area contributed by atoms with E-state index in [1.165, 1.54) is 49.0 Å². The zero-order chi connectivity index (χ0) is 23.3. The van der Waals surface area contributed by atoms with Gasteiger partial charge in [-0.25, -0.2) is 0 Å². The Balaban J connectivity index is 1.65. The van der Waals surface area contributed by atoms with Crippen molar-refractivity contribution in [3.8, 4) is 22.3 Å². The van der Waals surface area contributed by atoms with E-state index in [9.17, 15) is 4.57 Å². The molecule has 0 radical (unpaired) electrons. The summed E-state index contributed by atoms with van der Waals surface area (Å²) >= 11 is 0. The highest BCUT2D eigenvalue weighted by Gasteiger charge is 2.15. The molecule has 6 rings (SSSR count). The van der Waals surface area contributed by atoms with Gasteiger partial charge < -0.3 is 4.57 Å². The van der Waals surface area contributed by atoms with Crippen molar-refractivity contribution < 1.29 is 4.57 Å². The van der Waals surface area contributed by atoms with Crippen LogP contribution in [0.1, 0.15) is 0 Å². The number of rotatable bonds is 3. The molecule has 0 atom stereocenters. The topological polar surface area (TPSA) is 17.1 Å². The van der Waals surface area contributed by atoms with E-state index in [4.69, 9.17) is 0 Å². The Morgan fingerprint density at radius 3 is 1.74 bits per heavy atom. The average Bonchev–Trinajstić information content (AvgIpc) is 2.87. The molecular formula is C32H25OP. The molecule has 0 bridgehead atoms. The van der Waals surface area contributed by atoms with Crippen molar-refractivity contribution in [3.63, 3.8) is 0 Å². The van der Waals surface area contributed by atoms with Gasteiger partial charge in [0.25, 0.3) is 0 Å². The van der Waals surface area contributed by atoms with Gasteiger partial charge in [-0.2, -0.15) is 0 Å². The van der Waals surface area contributed by atoms with Gasteiger partial charge in [0.15, 0.2) is 0 Å². The highest BCUT2D eigenvalue weighted by atomic mass is 31.2. The van der Waals surface area contributed by atoms with E-state index in [1.54, 1.807) is 0 Å². The van der Waals surface area contributed by atoms with Crippen LogP contribution < -0.4 is 5.30 Å². The fourth-order valence-electron chi connectivity index (χ4n) is 5.07. The summed E-state index contributed by atoms with van der Waals surface area (Å²) in [5, 5.41) is 8.41. The van der Waals surface area contributed by atoms with Crippen LogP contribution in [0.3, 0.4) is 0 Å². The van der Waals surface area contributed by atoms with Gasteiger partial charge in [-0.1, -0.05) is 103 Å². The second-order valence-electron chi connectivity index (χ2n) is 9.30. The fraction of sp³-hybridized carbons (Fsp3) is 0.0625. The smallest absolute Gasteiger partial charge is 0.109 e. The number of hydrogen-bond acceptors (Lipinski definition) is 1. The lowest BCUT2D eigenvalue weighted by atomic mass is 9.88. The summed E-state index contributed by atoms with van der Waals surface area (Å²) in [5.41, 5.74) is 4.75. The molecule has 1 nitrogen and oxygen atoms in total. The first kappa shape index (κ1) is 20.9. The molecule has 0 saturated heterocycles. The number of hydrogen-bond donors (Lipinski definition) is 0. The molecule has 164 valence electrons. The summed E-state index contributed by atoms with van der Waals surface area (Å²) in [6.07, 6.45) is 0. The van der Waals surface area contributed by atoms with E-state index >= 15 is 0 Å². The SMILES string of the molecule is CP(C)(=O)c1cccc(-c2ccc(-c3cc4ccccc4c4ccccc34)c3ccccc23)c1. The molecule has 2 heteroatoms. The Bertz CT molecular complexity index is 1760. The van der Waals surface area contributed by atoms with E-state index < -0.39 is 7.14 Å². The van der Waals surface area contributed by atoms with Gasteiger partial charge in [-0.3, -0.25) is 0 Å². The van der Waals surface area contributed by atoms with Crippen LogP contribution in [0.15, 0.2) is 115 Å². The minimum absolute atomic E-state index is 0.915. The second-order valence-corrected chi connectivity index (χ2v) is 12.5. The summed E-state index contributed by atoms with van der Waals surface area (Å²) < 4.78 is 12.7. The molecule has 0 spiro atoms. The van der Waals surface area contributed by atoms with Crippen LogP contribution in [0.2, 0.25) is 0 Å². The largest absolute Gasteiger partial charge is 0.319 e. The predicted molar refractivity (Wildman–Crippen MR) is 149 cm³/mol. The summed E-state index contributed by atoms with van der Waals surface area (Å²) in [6, 6.07) is 40.9. The summed E-state index contributed by atoms with van der Waals surface area (Å²) in [6.45, 7) is 3.66. The van der Waals surface area contributed by atoms with Crippen LogP contribution in [-0.4, -0.2) is 13.3 Å². The van der Waals surface area contributed by atoms with Crippen molar-refractivity contribution in [1.82, 2.24) is 0 Å². The minimum Gasteiger partial charge on any atom is -0.319 e. The van der Waals surface area contributed by atoms with Gasteiger partial charge in [0.2, 0.25) is 0 Å². The van der Waals surface area contributed by atoms with Crippen LogP contribution in [-0.2, 0) is 4.57 Å². The van der Waals surface area contributed by atoms with Gasteiger partial charge in [0, 0.05) is 5.30 Å². The third-order valence-corrected chi connectivity index (χ3v) is 8.28. The summed E-state index contributed by atoms with van der Waals surface area (Å²) in [4.78, 5) is 0. The van der Waals surface area contributed by atoms with Crippen LogP contribution in [0.4, 0.5) is 0 Å². The van der Waals surface area contributed by atoms with E-state index in [0.29, 0.717) is 0 Å². The average molecular weight is 457 g/mol. The fourth-order valence-corrected chi connectivity index (χ4v) is 5.97. The first-order valence-electron chi connectivity index (χ1n) is 11.6. The highest BCUT2D eigenvalue weighted by Crippen LogP contribution is 2.41. The van der Waals surface area contributed by atoms with Crippen LogP contribution in [0.25, 0.3) is 54.6 Å². The first-order chi connectivity index (χ1) is 16.5. The Hall–Kier alpha value is -3.67. The summed E-state index contributed by atoms with van der Waals surface area (Å²) in [5.74, 6) is 0. The van der Waals surface area contributed by atoms with E-state index in [1.807, 2.05) is 25.5 Å². The molecule has 0 heterocycles. The van der Waals surface area contributed by atoms with Gasteiger partial charge in [-0.05, 0) is 80.0 Å². The van der Waals surface area contributed by atoms with Crippen molar-refractivity contribution in [1.29, 1.82) is 0 Å². The minimum atomic E-state index is -2.33. The first-order valence-corrected chi connectivity index (χ1v) is 14.2. The lowest BCUT2D eigenvalue weighted by molar-refractivity contribution is 0.588. The van der Waals surface area contributed by atoms with Crippen LogP contribution in [0, 0.1) is 0 Å². The zero-order valence-corrected chi connectivity index (χ0v) is 20.2. The van der Waals surface area contributed by atoms with Crippen molar-refractivity contribution in [2.75, 3.05) is 13.3 Å². The molecule has 0 aliphatic carbocycles. The van der Waals surface area contributed by atoms with Gasteiger partial charge in [-0.15, -0.1) is 0 Å². The molecule has 0 N–H and O–H groups in total. The van der Waals surface area contributed by atoms with Crippen molar-refractivity contribution in [3.05, 3.63) is 115 Å². The zero-order valence-electron chi connectivity index (χ0n) is 19.3. The quantitative estimate of drug-likeness (QED) is 0.192. The maximum Gasteiger partial charge on any atom is 0.109 e. The van der Waals surface area contributed by atoms with Crippen molar-refractivity contribution in [2.45, 2.75) is 0 Å². The van der Waals surface area contributed by atoms with E-state index in [2.05, 4.69) is 103 Å². The molecule has 0 aliphatic rings. The van der Waals surface area contributed by atoms with E-state index in [-0.39, 0.29) is 0 Å². The summed E-state index contributed by atoms with van der Waals surface area (Å²) in [7, 11) is -2.33. The normalized spacial score (nSPS) is 11.9. The molecule has 0 unspecified atom stereocenters. The standard InChI is InChI=1S/C32H25OP/c1-34(2,33)24-12-9-11-22(20-24)26-18-19-31(29-16-7-5-15-28(26)29)32-21-23-10-3-4-13-25(23)27-14-6-8-17-30(27)32/h3-21H,1-2H3. The Morgan fingerprint density at radius 1 is 0.471 bits per heavy atom. The third kappa shape index (κ3) is 3.45. The Morgan fingerprint density at radius 2 is 1.03 bits per heavy atom. The van der Waals surface area contributed by atoms with Crippen molar-refractivity contribution >= 4 is 44.8 Å². The van der Waals surface area contributed by atoms with Crippen LogP contribution in [0.5, 0.6) is 0 Å². The Labute approximate surface area is 200 Å². The maximum atomic E-state index is 12.7. The molecular weight excluding hydrogens is 431 g/mol. The molecule has 6 aromatic rings. The molecule has 0 aromatic heterocycles.